The van der Waals surface area contributed by atoms with E-state index in [1.807, 2.05) is 61.5 Å². The van der Waals surface area contributed by atoms with E-state index in [2.05, 4.69) is 9.72 Å². The van der Waals surface area contributed by atoms with Crippen molar-refractivity contribution in [3.05, 3.63) is 77.2 Å². The predicted octanol–water partition coefficient (Wildman–Crippen LogP) is 4.63. The fourth-order valence-corrected chi connectivity index (χ4v) is 3.48. The Morgan fingerprint density at radius 2 is 1.65 bits per heavy atom. The molecule has 1 N–H and O–H groups in total. The lowest BCUT2D eigenvalue weighted by atomic mass is 9.97. The standard InChI is InChI=1S/C25H27NO5/c1-17-22(26-23(31-17)20-9-4-3-5-10-20)11-7-6-8-18-12-14-19(15-13-18)16-21(24(27)28)25(29)30-2/h3-5,9-10,12-15,21H,6-8,11,16H2,1-2H3,(H,27,28). The van der Waals surface area contributed by atoms with Gasteiger partial charge in [-0.15, -0.1) is 0 Å². The molecular formula is C25H27NO5. The summed E-state index contributed by atoms with van der Waals surface area (Å²) in [6.45, 7) is 1.95. The zero-order valence-corrected chi connectivity index (χ0v) is 17.8. The molecule has 6 heteroatoms. The number of carbonyl (C=O) groups excluding carboxylic acids is 1. The summed E-state index contributed by atoms with van der Waals surface area (Å²) < 4.78 is 10.4. The van der Waals surface area contributed by atoms with Gasteiger partial charge in [-0.05, 0) is 62.3 Å². The second-order valence-corrected chi connectivity index (χ2v) is 7.53. The number of methoxy groups -OCH3 is 1. The summed E-state index contributed by atoms with van der Waals surface area (Å²) in [5.74, 6) is -1.55. The van der Waals surface area contributed by atoms with Crippen molar-refractivity contribution in [2.75, 3.05) is 7.11 Å². The molecule has 1 atom stereocenters. The molecule has 31 heavy (non-hydrogen) atoms. The topological polar surface area (TPSA) is 89.6 Å². The number of benzene rings is 2. The first kappa shape index (κ1) is 22.3. The summed E-state index contributed by atoms with van der Waals surface area (Å²) in [6.07, 6.45) is 3.90. The molecule has 1 aromatic heterocycles. The minimum absolute atomic E-state index is 0.122. The number of hydrogen-bond donors (Lipinski definition) is 1. The van der Waals surface area contributed by atoms with Gasteiger partial charge in [0.15, 0.2) is 5.92 Å². The van der Waals surface area contributed by atoms with Crippen molar-refractivity contribution >= 4 is 11.9 Å². The summed E-state index contributed by atoms with van der Waals surface area (Å²) in [5.41, 5.74) is 3.95. The van der Waals surface area contributed by atoms with Gasteiger partial charge in [-0.3, -0.25) is 9.59 Å². The summed E-state index contributed by atoms with van der Waals surface area (Å²) in [7, 11) is 1.20. The third-order valence-corrected chi connectivity index (χ3v) is 5.29. The summed E-state index contributed by atoms with van der Waals surface area (Å²) in [5, 5.41) is 9.20. The Morgan fingerprint density at radius 1 is 1.00 bits per heavy atom. The maximum atomic E-state index is 11.6. The highest BCUT2D eigenvalue weighted by Crippen LogP contribution is 2.22. The van der Waals surface area contributed by atoms with E-state index in [0.29, 0.717) is 5.89 Å². The van der Waals surface area contributed by atoms with E-state index >= 15 is 0 Å². The van der Waals surface area contributed by atoms with Gasteiger partial charge < -0.3 is 14.3 Å². The highest BCUT2D eigenvalue weighted by Gasteiger charge is 2.27. The van der Waals surface area contributed by atoms with Crippen LogP contribution < -0.4 is 0 Å². The Morgan fingerprint density at radius 3 is 2.29 bits per heavy atom. The van der Waals surface area contributed by atoms with E-state index in [0.717, 1.165) is 48.3 Å². The van der Waals surface area contributed by atoms with Crippen molar-refractivity contribution < 1.29 is 23.8 Å². The Hall–Kier alpha value is -3.41. The van der Waals surface area contributed by atoms with E-state index in [4.69, 9.17) is 4.42 Å². The molecule has 0 aliphatic rings. The van der Waals surface area contributed by atoms with Gasteiger partial charge in [-0.1, -0.05) is 42.5 Å². The lowest BCUT2D eigenvalue weighted by molar-refractivity contribution is -0.156. The molecule has 0 fully saturated rings. The van der Waals surface area contributed by atoms with Gasteiger partial charge in [-0.25, -0.2) is 4.98 Å². The number of carbonyl (C=O) groups is 2. The monoisotopic (exact) mass is 421 g/mol. The molecule has 0 saturated heterocycles. The molecule has 2 aromatic carbocycles. The minimum atomic E-state index is -1.18. The van der Waals surface area contributed by atoms with E-state index < -0.39 is 17.9 Å². The van der Waals surface area contributed by atoms with Crippen LogP contribution in [-0.4, -0.2) is 29.1 Å². The smallest absolute Gasteiger partial charge is 0.320 e. The first-order valence-electron chi connectivity index (χ1n) is 10.4. The first-order valence-corrected chi connectivity index (χ1v) is 10.4. The van der Waals surface area contributed by atoms with Crippen molar-refractivity contribution in [1.29, 1.82) is 0 Å². The van der Waals surface area contributed by atoms with E-state index in [1.54, 1.807) is 0 Å². The highest BCUT2D eigenvalue weighted by molar-refractivity contribution is 5.94. The van der Waals surface area contributed by atoms with Crippen LogP contribution in [0, 0.1) is 12.8 Å². The molecule has 0 bridgehead atoms. The van der Waals surface area contributed by atoms with Crippen LogP contribution in [0.15, 0.2) is 59.0 Å². The maximum absolute atomic E-state index is 11.6. The van der Waals surface area contributed by atoms with E-state index in [1.165, 1.54) is 12.7 Å². The minimum Gasteiger partial charge on any atom is -0.481 e. The van der Waals surface area contributed by atoms with Crippen LogP contribution >= 0.6 is 0 Å². The number of carboxylic acid groups (broad SMARTS) is 1. The van der Waals surface area contributed by atoms with Gasteiger partial charge in [-0.2, -0.15) is 0 Å². The van der Waals surface area contributed by atoms with E-state index in [-0.39, 0.29) is 6.42 Å². The molecule has 3 rings (SSSR count). The van der Waals surface area contributed by atoms with Crippen molar-refractivity contribution in [1.82, 2.24) is 4.98 Å². The molecule has 1 unspecified atom stereocenters. The van der Waals surface area contributed by atoms with Crippen LogP contribution in [0.1, 0.15) is 35.4 Å². The molecule has 3 aromatic rings. The predicted molar refractivity (Wildman–Crippen MR) is 117 cm³/mol. The fourth-order valence-electron chi connectivity index (χ4n) is 3.48. The average Bonchev–Trinajstić information content (AvgIpc) is 3.16. The summed E-state index contributed by atoms with van der Waals surface area (Å²) in [6, 6.07) is 17.6. The Bertz CT molecular complexity index is 1010. The van der Waals surface area contributed by atoms with Crippen LogP contribution in [0.5, 0.6) is 0 Å². The second kappa shape index (κ2) is 10.6. The molecule has 0 aliphatic heterocycles. The van der Waals surface area contributed by atoms with Gasteiger partial charge in [0.25, 0.3) is 0 Å². The van der Waals surface area contributed by atoms with Crippen LogP contribution in [0.3, 0.4) is 0 Å². The second-order valence-electron chi connectivity index (χ2n) is 7.53. The highest BCUT2D eigenvalue weighted by atomic mass is 16.5. The van der Waals surface area contributed by atoms with Gasteiger partial charge in [0, 0.05) is 5.56 Å². The zero-order valence-electron chi connectivity index (χ0n) is 17.8. The lowest BCUT2D eigenvalue weighted by Crippen LogP contribution is -2.27. The number of aromatic nitrogens is 1. The van der Waals surface area contributed by atoms with E-state index in [9.17, 15) is 14.7 Å². The fraction of sp³-hybridized carbons (Fsp3) is 0.320. The molecule has 0 radical (unpaired) electrons. The average molecular weight is 421 g/mol. The number of rotatable bonds is 10. The molecule has 0 amide bonds. The van der Waals surface area contributed by atoms with Crippen LogP contribution in [-0.2, 0) is 33.6 Å². The number of hydrogen-bond acceptors (Lipinski definition) is 5. The normalized spacial score (nSPS) is 11.8. The molecule has 162 valence electrons. The van der Waals surface area contributed by atoms with Crippen molar-refractivity contribution in [3.63, 3.8) is 0 Å². The number of carboxylic acids is 1. The largest absolute Gasteiger partial charge is 0.481 e. The number of nitrogens with zero attached hydrogens (tertiary/aromatic N) is 1. The van der Waals surface area contributed by atoms with Gasteiger partial charge in [0.2, 0.25) is 5.89 Å². The van der Waals surface area contributed by atoms with Gasteiger partial charge in [0.05, 0.1) is 12.8 Å². The Balaban J connectivity index is 1.49. The number of aliphatic carboxylic acids is 1. The molecule has 0 saturated carbocycles. The summed E-state index contributed by atoms with van der Waals surface area (Å²) in [4.78, 5) is 27.5. The van der Waals surface area contributed by atoms with Crippen molar-refractivity contribution in [2.45, 2.75) is 39.0 Å². The van der Waals surface area contributed by atoms with Crippen LogP contribution in [0.25, 0.3) is 11.5 Å². The van der Waals surface area contributed by atoms with Gasteiger partial charge in [0.1, 0.15) is 5.76 Å². The third kappa shape index (κ3) is 6.04. The summed E-state index contributed by atoms with van der Waals surface area (Å²) >= 11 is 0. The van der Waals surface area contributed by atoms with Gasteiger partial charge >= 0.3 is 11.9 Å². The molecule has 6 nitrogen and oxygen atoms in total. The van der Waals surface area contributed by atoms with Crippen molar-refractivity contribution in [3.8, 4) is 11.5 Å². The molecule has 1 heterocycles. The molecular weight excluding hydrogens is 394 g/mol. The number of ether oxygens (including phenoxy) is 1. The number of esters is 1. The molecule has 0 spiro atoms. The third-order valence-electron chi connectivity index (χ3n) is 5.29. The first-order chi connectivity index (χ1) is 15.0. The van der Waals surface area contributed by atoms with Crippen LogP contribution in [0.4, 0.5) is 0 Å². The maximum Gasteiger partial charge on any atom is 0.320 e. The Kier molecular flexibility index (Phi) is 7.60. The number of unbranched alkanes of at least 4 members (excludes halogenated alkanes) is 1. The van der Waals surface area contributed by atoms with Crippen molar-refractivity contribution in [2.24, 2.45) is 5.92 Å². The zero-order chi connectivity index (χ0) is 22.2. The lowest BCUT2D eigenvalue weighted by Gasteiger charge is -2.10. The SMILES string of the molecule is COC(=O)C(Cc1ccc(CCCCc2nc(-c3ccccc3)oc2C)cc1)C(=O)O. The quantitative estimate of drug-likeness (QED) is 0.292. The molecule has 0 aliphatic carbocycles. The Labute approximate surface area is 181 Å². The number of aryl methyl sites for hydroxylation is 3. The van der Waals surface area contributed by atoms with Crippen LogP contribution in [0.2, 0.25) is 0 Å². The number of oxazole rings is 1.